The Labute approximate surface area is 101 Å². The van der Waals surface area contributed by atoms with Crippen LogP contribution >= 0.6 is 0 Å². The molecule has 0 amide bonds. The number of hydrogen-bond acceptors (Lipinski definition) is 2. The minimum atomic E-state index is 0.658. The summed E-state index contributed by atoms with van der Waals surface area (Å²) >= 11 is 0. The molecule has 0 saturated heterocycles. The van der Waals surface area contributed by atoms with Crippen molar-refractivity contribution in [2.75, 3.05) is 0 Å². The van der Waals surface area contributed by atoms with E-state index >= 15 is 0 Å². The number of para-hydroxylation sites is 1. The van der Waals surface area contributed by atoms with Crippen molar-refractivity contribution in [3.8, 4) is 11.1 Å². The number of aryl methyl sites for hydroxylation is 2. The van der Waals surface area contributed by atoms with E-state index in [0.29, 0.717) is 5.69 Å². The highest BCUT2D eigenvalue weighted by Gasteiger charge is 2.04. The van der Waals surface area contributed by atoms with E-state index in [1.54, 1.807) is 6.08 Å². The molecule has 0 aliphatic rings. The molecule has 2 aromatic rings. The van der Waals surface area contributed by atoms with Crippen LogP contribution in [0.3, 0.4) is 0 Å². The molecule has 0 aromatic heterocycles. The van der Waals surface area contributed by atoms with Gasteiger partial charge in [0.1, 0.15) is 0 Å². The van der Waals surface area contributed by atoms with Crippen molar-refractivity contribution in [2.45, 2.75) is 13.8 Å². The van der Waals surface area contributed by atoms with Crippen LogP contribution in [0.1, 0.15) is 11.1 Å². The molecule has 0 aliphatic carbocycles. The number of isocyanates is 1. The van der Waals surface area contributed by atoms with Crippen molar-refractivity contribution in [3.05, 3.63) is 53.6 Å². The lowest BCUT2D eigenvalue weighted by Gasteiger charge is -2.07. The number of aliphatic imine (C=N–C) groups is 1. The van der Waals surface area contributed by atoms with Crippen molar-refractivity contribution in [1.29, 1.82) is 0 Å². The van der Waals surface area contributed by atoms with Gasteiger partial charge in [0.05, 0.1) is 5.69 Å². The molecule has 17 heavy (non-hydrogen) atoms. The highest BCUT2D eigenvalue weighted by atomic mass is 16.1. The zero-order valence-corrected chi connectivity index (χ0v) is 9.90. The second kappa shape index (κ2) is 4.77. The Morgan fingerprint density at radius 3 is 2.47 bits per heavy atom. The summed E-state index contributed by atoms with van der Waals surface area (Å²) in [5.41, 5.74) is 5.17. The van der Waals surface area contributed by atoms with E-state index in [1.807, 2.05) is 30.3 Å². The lowest BCUT2D eigenvalue weighted by molar-refractivity contribution is 0.565. The fourth-order valence-corrected chi connectivity index (χ4v) is 1.77. The molecule has 0 aliphatic heterocycles. The van der Waals surface area contributed by atoms with Gasteiger partial charge in [-0.25, -0.2) is 4.79 Å². The van der Waals surface area contributed by atoms with Gasteiger partial charge >= 0.3 is 0 Å². The van der Waals surface area contributed by atoms with Crippen molar-refractivity contribution in [2.24, 2.45) is 4.99 Å². The first kappa shape index (κ1) is 11.3. The number of carbonyl (C=O) groups excluding carboxylic acids is 1. The van der Waals surface area contributed by atoms with Crippen LogP contribution in [0.5, 0.6) is 0 Å². The standard InChI is InChI=1S/C15H13NO/c1-11-7-8-13(9-12(11)2)14-5-3-4-6-15(14)16-10-17/h3-9H,1-2H3. The quantitative estimate of drug-likeness (QED) is 0.560. The van der Waals surface area contributed by atoms with Gasteiger partial charge < -0.3 is 0 Å². The summed E-state index contributed by atoms with van der Waals surface area (Å²) in [6.45, 7) is 4.15. The number of rotatable bonds is 2. The molecule has 0 heterocycles. The van der Waals surface area contributed by atoms with E-state index in [9.17, 15) is 4.79 Å². The van der Waals surface area contributed by atoms with Crippen LogP contribution in [0.4, 0.5) is 5.69 Å². The summed E-state index contributed by atoms with van der Waals surface area (Å²) in [5, 5.41) is 0. The molecule has 2 heteroatoms. The molecule has 0 spiro atoms. The van der Waals surface area contributed by atoms with Crippen LogP contribution in [0.2, 0.25) is 0 Å². The molecule has 0 atom stereocenters. The molecule has 0 N–H and O–H groups in total. The second-order valence-corrected chi connectivity index (χ2v) is 4.02. The Bertz CT molecular complexity index is 596. The van der Waals surface area contributed by atoms with Crippen molar-refractivity contribution in [3.63, 3.8) is 0 Å². The smallest absolute Gasteiger partial charge is 0.211 e. The molecular formula is C15H13NO. The summed E-state index contributed by atoms with van der Waals surface area (Å²) < 4.78 is 0. The van der Waals surface area contributed by atoms with Gasteiger partial charge in [0, 0.05) is 5.56 Å². The van der Waals surface area contributed by atoms with E-state index in [1.165, 1.54) is 11.1 Å². The zero-order chi connectivity index (χ0) is 12.3. The van der Waals surface area contributed by atoms with E-state index < -0.39 is 0 Å². The van der Waals surface area contributed by atoms with Crippen LogP contribution in [0.15, 0.2) is 47.5 Å². The first-order valence-electron chi connectivity index (χ1n) is 5.47. The van der Waals surface area contributed by atoms with Crippen molar-refractivity contribution >= 4 is 11.8 Å². The van der Waals surface area contributed by atoms with E-state index in [4.69, 9.17) is 0 Å². The van der Waals surface area contributed by atoms with Crippen molar-refractivity contribution < 1.29 is 4.79 Å². The maximum absolute atomic E-state index is 10.4. The minimum Gasteiger partial charge on any atom is -0.211 e. The first-order chi connectivity index (χ1) is 8.22. The molecule has 2 nitrogen and oxygen atoms in total. The second-order valence-electron chi connectivity index (χ2n) is 4.02. The lowest BCUT2D eigenvalue weighted by atomic mass is 9.99. The monoisotopic (exact) mass is 223 g/mol. The van der Waals surface area contributed by atoms with Gasteiger partial charge in [0.15, 0.2) is 0 Å². The van der Waals surface area contributed by atoms with Gasteiger partial charge in [-0.1, -0.05) is 36.4 Å². The number of nitrogens with zero attached hydrogens (tertiary/aromatic N) is 1. The predicted octanol–water partition coefficient (Wildman–Crippen LogP) is 3.94. The Kier molecular flexibility index (Phi) is 3.17. The summed E-state index contributed by atoms with van der Waals surface area (Å²) in [5.74, 6) is 0. The highest BCUT2D eigenvalue weighted by molar-refractivity contribution is 5.77. The molecule has 2 aromatic carbocycles. The average Bonchev–Trinajstić information content (AvgIpc) is 2.34. The Balaban J connectivity index is 2.59. The summed E-state index contributed by atoms with van der Waals surface area (Å²) in [6, 6.07) is 13.8. The normalized spacial score (nSPS) is 9.76. The zero-order valence-electron chi connectivity index (χ0n) is 9.90. The van der Waals surface area contributed by atoms with E-state index in [0.717, 1.165) is 11.1 Å². The summed E-state index contributed by atoms with van der Waals surface area (Å²) in [4.78, 5) is 14.1. The highest BCUT2D eigenvalue weighted by Crippen LogP contribution is 2.30. The molecule has 2 rings (SSSR count). The van der Waals surface area contributed by atoms with Gasteiger partial charge in [-0.2, -0.15) is 4.99 Å². The molecular weight excluding hydrogens is 210 g/mol. The molecule has 0 radical (unpaired) electrons. The molecule has 0 unspecified atom stereocenters. The third-order valence-electron chi connectivity index (χ3n) is 2.89. The number of hydrogen-bond donors (Lipinski definition) is 0. The van der Waals surface area contributed by atoms with E-state index in [-0.39, 0.29) is 0 Å². The lowest BCUT2D eigenvalue weighted by Crippen LogP contribution is -1.84. The summed E-state index contributed by atoms with van der Waals surface area (Å²) in [7, 11) is 0. The van der Waals surface area contributed by atoms with Gasteiger partial charge in [-0.15, -0.1) is 0 Å². The summed E-state index contributed by atoms with van der Waals surface area (Å²) in [6.07, 6.45) is 1.60. The van der Waals surface area contributed by atoms with Gasteiger partial charge in [-0.3, -0.25) is 0 Å². The van der Waals surface area contributed by atoms with Crippen LogP contribution in [-0.2, 0) is 4.79 Å². The van der Waals surface area contributed by atoms with Crippen LogP contribution in [0, 0.1) is 13.8 Å². The van der Waals surface area contributed by atoms with Crippen LogP contribution in [0.25, 0.3) is 11.1 Å². The molecule has 0 fully saturated rings. The van der Waals surface area contributed by atoms with Crippen LogP contribution in [-0.4, -0.2) is 6.08 Å². The maximum atomic E-state index is 10.4. The largest absolute Gasteiger partial charge is 0.240 e. The van der Waals surface area contributed by atoms with Crippen LogP contribution < -0.4 is 0 Å². The van der Waals surface area contributed by atoms with Gasteiger partial charge in [-0.05, 0) is 36.6 Å². The molecule has 0 bridgehead atoms. The van der Waals surface area contributed by atoms with Crippen molar-refractivity contribution in [1.82, 2.24) is 0 Å². The number of benzene rings is 2. The first-order valence-corrected chi connectivity index (χ1v) is 5.47. The fourth-order valence-electron chi connectivity index (χ4n) is 1.77. The third kappa shape index (κ3) is 2.32. The van der Waals surface area contributed by atoms with Gasteiger partial charge in [0.25, 0.3) is 0 Å². The molecule has 84 valence electrons. The average molecular weight is 223 g/mol. The van der Waals surface area contributed by atoms with E-state index in [2.05, 4.69) is 31.0 Å². The SMILES string of the molecule is Cc1ccc(-c2ccccc2N=C=O)cc1C. The van der Waals surface area contributed by atoms with Gasteiger partial charge in [0.2, 0.25) is 6.08 Å². The fraction of sp³-hybridized carbons (Fsp3) is 0.133. The maximum Gasteiger partial charge on any atom is 0.240 e. The predicted molar refractivity (Wildman–Crippen MR) is 69.1 cm³/mol. The topological polar surface area (TPSA) is 29.4 Å². The Hall–Kier alpha value is -2.18. The Morgan fingerprint density at radius 1 is 1.00 bits per heavy atom. The molecule has 0 saturated carbocycles. The Morgan fingerprint density at radius 2 is 1.76 bits per heavy atom. The third-order valence-corrected chi connectivity index (χ3v) is 2.89. The minimum absolute atomic E-state index is 0.658.